The van der Waals surface area contributed by atoms with E-state index in [1.807, 2.05) is 6.07 Å². The molecule has 2 aliphatic rings. The van der Waals surface area contributed by atoms with E-state index in [1.165, 1.54) is 32.0 Å². The molecular formula is C16H23N3O3. The summed E-state index contributed by atoms with van der Waals surface area (Å²) in [4.78, 5) is 15.4. The fourth-order valence-corrected chi connectivity index (χ4v) is 3.62. The fraction of sp³-hybridized carbons (Fsp3) is 0.625. The van der Waals surface area contributed by atoms with E-state index < -0.39 is 0 Å². The molecule has 0 unspecified atom stereocenters. The van der Waals surface area contributed by atoms with Crippen molar-refractivity contribution in [3.63, 3.8) is 0 Å². The Bertz CT molecular complexity index is 535. The zero-order valence-electron chi connectivity index (χ0n) is 13.0. The minimum absolute atomic E-state index is 0.0764. The summed E-state index contributed by atoms with van der Waals surface area (Å²) in [5.41, 5.74) is 1.04. The van der Waals surface area contributed by atoms with Crippen LogP contribution in [-0.4, -0.2) is 49.2 Å². The number of nitro groups is 1. The molecule has 6 nitrogen and oxygen atoms in total. The number of nitro benzene ring substituents is 1. The van der Waals surface area contributed by atoms with Gasteiger partial charge in [0.05, 0.1) is 23.8 Å². The normalized spacial score (nSPS) is 20.3. The van der Waals surface area contributed by atoms with Gasteiger partial charge in [0, 0.05) is 25.2 Å². The molecule has 0 aromatic heterocycles. The quantitative estimate of drug-likeness (QED) is 0.632. The van der Waals surface area contributed by atoms with Crippen LogP contribution in [0, 0.1) is 10.1 Å². The van der Waals surface area contributed by atoms with Crippen LogP contribution in [0.5, 0.6) is 5.75 Å². The minimum atomic E-state index is -0.383. The van der Waals surface area contributed by atoms with E-state index in [4.69, 9.17) is 4.74 Å². The molecule has 3 rings (SSSR count). The van der Waals surface area contributed by atoms with Gasteiger partial charge in [-0.25, -0.2) is 0 Å². The second kappa shape index (κ2) is 6.52. The second-order valence-corrected chi connectivity index (χ2v) is 6.07. The van der Waals surface area contributed by atoms with Gasteiger partial charge >= 0.3 is 0 Å². The fourth-order valence-electron chi connectivity index (χ4n) is 3.62. The predicted molar refractivity (Wildman–Crippen MR) is 85.7 cm³/mol. The van der Waals surface area contributed by atoms with E-state index in [2.05, 4.69) is 9.80 Å². The molecule has 2 saturated heterocycles. The Balaban J connectivity index is 1.68. The summed E-state index contributed by atoms with van der Waals surface area (Å²) in [7, 11) is 1.57. The van der Waals surface area contributed by atoms with Crippen molar-refractivity contribution in [3.8, 4) is 5.75 Å². The molecule has 22 heavy (non-hydrogen) atoms. The average Bonchev–Trinajstić information content (AvgIpc) is 3.09. The lowest BCUT2D eigenvalue weighted by Crippen LogP contribution is -2.43. The van der Waals surface area contributed by atoms with Crippen molar-refractivity contribution in [2.75, 3.05) is 38.2 Å². The molecule has 0 N–H and O–H groups in total. The van der Waals surface area contributed by atoms with Crippen molar-refractivity contribution < 1.29 is 9.66 Å². The van der Waals surface area contributed by atoms with Crippen LogP contribution >= 0.6 is 0 Å². The molecule has 0 bridgehead atoms. The van der Waals surface area contributed by atoms with Crippen LogP contribution < -0.4 is 9.64 Å². The molecule has 1 aromatic carbocycles. The number of hydrogen-bond donors (Lipinski definition) is 0. The summed E-state index contributed by atoms with van der Waals surface area (Å²) in [5, 5.41) is 10.9. The lowest BCUT2D eigenvalue weighted by Gasteiger charge is -2.38. The summed E-state index contributed by atoms with van der Waals surface area (Å²) in [6.07, 6.45) is 4.97. The lowest BCUT2D eigenvalue weighted by molar-refractivity contribution is -0.384. The van der Waals surface area contributed by atoms with Crippen molar-refractivity contribution in [1.29, 1.82) is 0 Å². The lowest BCUT2D eigenvalue weighted by atomic mass is 10.0. The van der Waals surface area contributed by atoms with Crippen molar-refractivity contribution in [1.82, 2.24) is 4.90 Å². The third-order valence-electron chi connectivity index (χ3n) is 4.84. The molecule has 2 fully saturated rings. The summed E-state index contributed by atoms with van der Waals surface area (Å²) in [6, 6.07) is 5.59. The Hall–Kier alpha value is -1.82. The van der Waals surface area contributed by atoms with Crippen LogP contribution in [-0.2, 0) is 0 Å². The van der Waals surface area contributed by atoms with Crippen LogP contribution in [0.2, 0.25) is 0 Å². The van der Waals surface area contributed by atoms with Crippen LogP contribution in [0.4, 0.5) is 11.4 Å². The smallest absolute Gasteiger partial charge is 0.273 e. The van der Waals surface area contributed by atoms with Crippen LogP contribution in [0.1, 0.15) is 25.7 Å². The summed E-state index contributed by atoms with van der Waals surface area (Å²) in [5.74, 6) is 0.592. The molecule has 2 aliphatic heterocycles. The predicted octanol–water partition coefficient (Wildman–Crippen LogP) is 2.67. The van der Waals surface area contributed by atoms with Gasteiger partial charge in [-0.3, -0.25) is 10.1 Å². The van der Waals surface area contributed by atoms with Gasteiger partial charge in [0.2, 0.25) is 0 Å². The molecule has 6 heteroatoms. The highest BCUT2D eigenvalue weighted by molar-refractivity contribution is 5.62. The average molecular weight is 305 g/mol. The van der Waals surface area contributed by atoms with Crippen LogP contribution in [0.25, 0.3) is 0 Å². The molecule has 120 valence electrons. The number of rotatable bonds is 4. The number of piperidine rings is 1. The summed E-state index contributed by atoms with van der Waals surface area (Å²) >= 11 is 0. The number of ether oxygens (including phenoxy) is 1. The number of benzene rings is 1. The number of hydrogen-bond acceptors (Lipinski definition) is 5. The standard InChI is InChI=1S/C16H23N3O3/c1-22-16-12-14(19(20)21)4-5-15(16)18-10-6-13(7-11-18)17-8-2-3-9-17/h4-5,12-13H,2-3,6-11H2,1H3. The zero-order chi connectivity index (χ0) is 15.5. The minimum Gasteiger partial charge on any atom is -0.494 e. The highest BCUT2D eigenvalue weighted by Crippen LogP contribution is 2.34. The molecule has 0 aliphatic carbocycles. The van der Waals surface area contributed by atoms with E-state index in [0.29, 0.717) is 11.8 Å². The maximum absolute atomic E-state index is 10.9. The molecule has 0 atom stereocenters. The van der Waals surface area contributed by atoms with Gasteiger partial charge in [-0.2, -0.15) is 0 Å². The van der Waals surface area contributed by atoms with Gasteiger partial charge in [0.25, 0.3) is 5.69 Å². The molecule has 1 aromatic rings. The van der Waals surface area contributed by atoms with Gasteiger partial charge in [-0.15, -0.1) is 0 Å². The summed E-state index contributed by atoms with van der Waals surface area (Å²) < 4.78 is 5.36. The van der Waals surface area contributed by atoms with Gasteiger partial charge in [0.15, 0.2) is 0 Å². The Morgan fingerprint density at radius 1 is 1.18 bits per heavy atom. The third kappa shape index (κ3) is 3.02. The first-order chi connectivity index (χ1) is 10.7. The number of anilines is 1. The molecule has 0 spiro atoms. The zero-order valence-corrected chi connectivity index (χ0v) is 13.0. The van der Waals surface area contributed by atoms with E-state index in [0.717, 1.165) is 31.6 Å². The largest absolute Gasteiger partial charge is 0.494 e. The Morgan fingerprint density at radius 2 is 1.86 bits per heavy atom. The molecule has 0 radical (unpaired) electrons. The number of likely N-dealkylation sites (tertiary alicyclic amines) is 1. The number of non-ortho nitro benzene ring substituents is 1. The van der Waals surface area contributed by atoms with Gasteiger partial charge in [-0.1, -0.05) is 0 Å². The second-order valence-electron chi connectivity index (χ2n) is 6.07. The maximum atomic E-state index is 10.9. The highest BCUT2D eigenvalue weighted by atomic mass is 16.6. The molecule has 2 heterocycles. The van der Waals surface area contributed by atoms with Crippen molar-refractivity contribution in [2.24, 2.45) is 0 Å². The van der Waals surface area contributed by atoms with E-state index in [9.17, 15) is 10.1 Å². The van der Waals surface area contributed by atoms with Crippen molar-refractivity contribution >= 4 is 11.4 Å². The van der Waals surface area contributed by atoms with Crippen LogP contribution in [0.3, 0.4) is 0 Å². The first-order valence-electron chi connectivity index (χ1n) is 8.00. The SMILES string of the molecule is COc1cc([N+](=O)[O-])ccc1N1CCC(N2CCCC2)CC1. The monoisotopic (exact) mass is 305 g/mol. The van der Waals surface area contributed by atoms with E-state index in [-0.39, 0.29) is 10.6 Å². The third-order valence-corrected chi connectivity index (χ3v) is 4.84. The molecule has 0 amide bonds. The summed E-state index contributed by atoms with van der Waals surface area (Å²) in [6.45, 7) is 4.45. The topological polar surface area (TPSA) is 58.9 Å². The van der Waals surface area contributed by atoms with Crippen molar-refractivity contribution in [3.05, 3.63) is 28.3 Å². The van der Waals surface area contributed by atoms with Gasteiger partial charge in [-0.05, 0) is 44.8 Å². The molecular weight excluding hydrogens is 282 g/mol. The first kappa shape index (κ1) is 15.1. The molecule has 0 saturated carbocycles. The Morgan fingerprint density at radius 3 is 2.45 bits per heavy atom. The maximum Gasteiger partial charge on any atom is 0.273 e. The Labute approximate surface area is 130 Å². The van der Waals surface area contributed by atoms with E-state index >= 15 is 0 Å². The van der Waals surface area contributed by atoms with Crippen molar-refractivity contribution in [2.45, 2.75) is 31.7 Å². The van der Waals surface area contributed by atoms with Gasteiger partial charge in [0.1, 0.15) is 5.75 Å². The van der Waals surface area contributed by atoms with E-state index in [1.54, 1.807) is 13.2 Å². The number of nitrogens with zero attached hydrogens (tertiary/aromatic N) is 3. The highest BCUT2D eigenvalue weighted by Gasteiger charge is 2.27. The number of methoxy groups -OCH3 is 1. The Kier molecular flexibility index (Phi) is 4.47. The first-order valence-corrected chi connectivity index (χ1v) is 8.00. The van der Waals surface area contributed by atoms with Crippen LogP contribution in [0.15, 0.2) is 18.2 Å². The van der Waals surface area contributed by atoms with Gasteiger partial charge < -0.3 is 14.5 Å².